The van der Waals surface area contributed by atoms with Gasteiger partial charge in [-0.15, -0.1) is 0 Å². The second-order valence-corrected chi connectivity index (χ2v) is 7.14. The molecule has 1 amide bonds. The monoisotopic (exact) mass is 354 g/mol. The average molecular weight is 354 g/mol. The summed E-state index contributed by atoms with van der Waals surface area (Å²) in [5.41, 5.74) is 3.32. The third-order valence-corrected chi connectivity index (χ3v) is 5.23. The largest absolute Gasteiger partial charge is 0.427 e. The van der Waals surface area contributed by atoms with Gasteiger partial charge in [-0.05, 0) is 55.5 Å². The van der Waals surface area contributed by atoms with Gasteiger partial charge in [-0.3, -0.25) is 9.78 Å². The van der Waals surface area contributed by atoms with E-state index in [1.807, 2.05) is 32.2 Å². The molecule has 4 rings (SSSR count). The highest BCUT2D eigenvalue weighted by atomic mass is 16.5. The normalized spacial score (nSPS) is 17.4. The predicted molar refractivity (Wildman–Crippen MR) is 95.1 cm³/mol. The summed E-state index contributed by atoms with van der Waals surface area (Å²) in [6, 6.07) is 3.84. The first-order chi connectivity index (χ1) is 12.5. The number of nitrogens with zero attached hydrogens (tertiary/aromatic N) is 2. The van der Waals surface area contributed by atoms with Crippen LogP contribution in [0.3, 0.4) is 0 Å². The average Bonchev–Trinajstić information content (AvgIpc) is 3.05. The van der Waals surface area contributed by atoms with Crippen LogP contribution in [0.25, 0.3) is 0 Å². The van der Waals surface area contributed by atoms with Gasteiger partial charge in [-0.25, -0.2) is 4.79 Å². The number of aromatic nitrogens is 1. The van der Waals surface area contributed by atoms with Crippen molar-refractivity contribution in [1.82, 2.24) is 9.88 Å². The van der Waals surface area contributed by atoms with Gasteiger partial charge in [-0.1, -0.05) is 0 Å². The Kier molecular flexibility index (Phi) is 4.36. The molecule has 0 radical (unpaired) electrons. The smallest absolute Gasteiger partial charge is 0.349 e. The van der Waals surface area contributed by atoms with Crippen LogP contribution < -0.4 is 5.63 Å². The summed E-state index contributed by atoms with van der Waals surface area (Å²) in [5, 5.41) is 0. The molecule has 0 spiro atoms. The molecule has 0 aromatic carbocycles. The van der Waals surface area contributed by atoms with Crippen molar-refractivity contribution in [3.8, 4) is 0 Å². The van der Waals surface area contributed by atoms with Crippen molar-refractivity contribution in [3.63, 3.8) is 0 Å². The van der Waals surface area contributed by atoms with E-state index in [1.165, 1.54) is 0 Å². The topological polar surface area (TPSA) is 72.6 Å². The maximum absolute atomic E-state index is 13.0. The van der Waals surface area contributed by atoms with Gasteiger partial charge in [0.25, 0.3) is 5.91 Å². The molecular weight excluding hydrogens is 332 g/mol. The van der Waals surface area contributed by atoms with Crippen molar-refractivity contribution < 1.29 is 13.9 Å². The number of hydrogen-bond acceptors (Lipinski definition) is 5. The molecule has 2 aliphatic heterocycles. The summed E-state index contributed by atoms with van der Waals surface area (Å²) in [6.07, 6.45) is 3.48. The summed E-state index contributed by atoms with van der Waals surface area (Å²) >= 11 is 0. The molecule has 0 unspecified atom stereocenters. The third-order valence-electron chi connectivity index (χ3n) is 5.23. The minimum atomic E-state index is -0.540. The fraction of sp³-hybridized carbons (Fsp3) is 0.450. The second-order valence-electron chi connectivity index (χ2n) is 7.14. The van der Waals surface area contributed by atoms with Crippen molar-refractivity contribution in [2.75, 3.05) is 13.2 Å². The molecule has 0 saturated carbocycles. The highest BCUT2D eigenvalue weighted by Crippen LogP contribution is 2.28. The van der Waals surface area contributed by atoms with E-state index in [2.05, 4.69) is 4.98 Å². The van der Waals surface area contributed by atoms with Crippen LogP contribution in [0.2, 0.25) is 0 Å². The zero-order chi connectivity index (χ0) is 18.3. The molecule has 6 nitrogen and oxygen atoms in total. The lowest BCUT2D eigenvalue weighted by Gasteiger charge is -2.22. The lowest BCUT2D eigenvalue weighted by molar-refractivity contribution is 0.0737. The highest BCUT2D eigenvalue weighted by molar-refractivity contribution is 5.95. The Balaban J connectivity index is 1.60. The second kappa shape index (κ2) is 6.68. The van der Waals surface area contributed by atoms with Crippen LogP contribution in [0.4, 0.5) is 0 Å². The van der Waals surface area contributed by atoms with E-state index in [0.717, 1.165) is 29.7 Å². The van der Waals surface area contributed by atoms with E-state index in [4.69, 9.17) is 9.15 Å². The summed E-state index contributed by atoms with van der Waals surface area (Å²) in [7, 11) is 0. The van der Waals surface area contributed by atoms with Crippen molar-refractivity contribution >= 4 is 5.91 Å². The number of hydrogen-bond donors (Lipinski definition) is 0. The zero-order valence-electron chi connectivity index (χ0n) is 15.1. The van der Waals surface area contributed by atoms with Gasteiger partial charge in [0.1, 0.15) is 11.3 Å². The fourth-order valence-corrected chi connectivity index (χ4v) is 3.78. The Hall–Kier alpha value is -2.47. The maximum atomic E-state index is 13.0. The maximum Gasteiger partial charge on any atom is 0.349 e. The first-order valence-corrected chi connectivity index (χ1v) is 8.99. The van der Waals surface area contributed by atoms with Crippen LogP contribution in [-0.4, -0.2) is 29.0 Å². The van der Waals surface area contributed by atoms with Crippen LogP contribution >= 0.6 is 0 Å². The van der Waals surface area contributed by atoms with E-state index in [1.54, 1.807) is 4.90 Å². The van der Waals surface area contributed by atoms with Gasteiger partial charge in [0.05, 0.1) is 0 Å². The molecule has 0 atom stereocenters. The number of pyridine rings is 1. The van der Waals surface area contributed by atoms with E-state index in [9.17, 15) is 9.59 Å². The Bertz CT molecular complexity index is 913. The van der Waals surface area contributed by atoms with E-state index in [0.29, 0.717) is 37.6 Å². The van der Waals surface area contributed by atoms with Crippen LogP contribution in [0.5, 0.6) is 0 Å². The minimum absolute atomic E-state index is 0.137. The van der Waals surface area contributed by atoms with E-state index < -0.39 is 5.63 Å². The van der Waals surface area contributed by atoms with E-state index >= 15 is 0 Å². The molecule has 2 aromatic heterocycles. The summed E-state index contributed by atoms with van der Waals surface area (Å²) < 4.78 is 10.9. The molecule has 4 heterocycles. The molecule has 26 heavy (non-hydrogen) atoms. The number of carbonyl (C=O) groups is 1. The van der Waals surface area contributed by atoms with Crippen LogP contribution in [0.1, 0.15) is 57.3 Å². The van der Waals surface area contributed by atoms with Crippen molar-refractivity contribution in [1.29, 1.82) is 0 Å². The third kappa shape index (κ3) is 3.05. The molecule has 0 N–H and O–H groups in total. The molecule has 1 saturated heterocycles. The van der Waals surface area contributed by atoms with E-state index in [-0.39, 0.29) is 17.4 Å². The van der Waals surface area contributed by atoms with Gasteiger partial charge in [-0.2, -0.15) is 0 Å². The summed E-state index contributed by atoms with van der Waals surface area (Å²) in [4.78, 5) is 31.5. The molecule has 2 aromatic rings. The lowest BCUT2D eigenvalue weighted by Crippen LogP contribution is -2.31. The van der Waals surface area contributed by atoms with Crippen molar-refractivity contribution in [3.05, 3.63) is 62.5 Å². The van der Waals surface area contributed by atoms with Gasteiger partial charge >= 0.3 is 5.63 Å². The van der Waals surface area contributed by atoms with Crippen LogP contribution in [0.15, 0.2) is 27.5 Å². The first-order valence-electron chi connectivity index (χ1n) is 8.99. The molecule has 0 bridgehead atoms. The summed E-state index contributed by atoms with van der Waals surface area (Å²) in [6.45, 7) is 6.06. The quantitative estimate of drug-likeness (QED) is 0.829. The molecule has 0 aliphatic carbocycles. The number of amides is 1. The SMILES string of the molecule is Cc1cc2c(cn1)CN(C(=O)c1c(C)cc(C3CCOCC3)oc1=O)C2. The predicted octanol–water partition coefficient (Wildman–Crippen LogP) is 2.70. The zero-order valence-corrected chi connectivity index (χ0v) is 15.1. The number of carbonyl (C=O) groups excluding carboxylic acids is 1. The minimum Gasteiger partial charge on any atom is -0.427 e. The van der Waals surface area contributed by atoms with Crippen molar-refractivity contribution in [2.45, 2.75) is 45.7 Å². The number of rotatable bonds is 2. The Morgan fingerprint density at radius 3 is 2.62 bits per heavy atom. The Labute approximate surface area is 151 Å². The number of aryl methyl sites for hydroxylation is 2. The molecule has 6 heteroatoms. The van der Waals surface area contributed by atoms with Gasteiger partial charge in [0.15, 0.2) is 0 Å². The Morgan fingerprint density at radius 2 is 1.88 bits per heavy atom. The number of ether oxygens (including phenoxy) is 1. The highest BCUT2D eigenvalue weighted by Gasteiger charge is 2.29. The van der Waals surface area contributed by atoms with Crippen LogP contribution in [0, 0.1) is 13.8 Å². The van der Waals surface area contributed by atoms with Crippen molar-refractivity contribution in [2.24, 2.45) is 0 Å². The molecule has 2 aliphatic rings. The van der Waals surface area contributed by atoms with Gasteiger partial charge < -0.3 is 14.1 Å². The molecule has 1 fully saturated rings. The Morgan fingerprint density at radius 1 is 1.15 bits per heavy atom. The fourth-order valence-electron chi connectivity index (χ4n) is 3.78. The number of fused-ring (bicyclic) bond motifs is 1. The standard InChI is InChI=1S/C20H22N2O4/c1-12-7-17(14-3-5-25-6-4-14)26-20(24)18(12)19(23)22-10-15-8-13(2)21-9-16(15)11-22/h7-9,14H,3-6,10-11H2,1-2H3. The first kappa shape index (κ1) is 17.0. The molecular formula is C20H22N2O4. The molecule has 136 valence electrons. The summed E-state index contributed by atoms with van der Waals surface area (Å²) in [5.74, 6) is 0.574. The lowest BCUT2D eigenvalue weighted by atomic mass is 9.95. The van der Waals surface area contributed by atoms with Crippen LogP contribution in [-0.2, 0) is 17.8 Å². The van der Waals surface area contributed by atoms with Gasteiger partial charge in [0.2, 0.25) is 0 Å². The van der Waals surface area contributed by atoms with Gasteiger partial charge in [0, 0.05) is 44.1 Å².